The Labute approximate surface area is 115 Å². The molecule has 1 spiro atoms. The number of Topliss-reactive ketones (excluding diaryl/α,β-unsaturated/α-hetero) is 1. The molecule has 1 unspecified atom stereocenters. The van der Waals surface area contributed by atoms with Gasteiger partial charge >= 0.3 is 0 Å². The van der Waals surface area contributed by atoms with Crippen LogP contribution in [0.15, 0.2) is 0 Å². The third kappa shape index (κ3) is 2.47. The Bertz CT molecular complexity index is 351. The smallest absolute Gasteiger partial charge is 0.167 e. The minimum absolute atomic E-state index is 0.00308. The molecule has 0 aromatic rings. The Morgan fingerprint density at radius 1 is 1.16 bits per heavy atom. The van der Waals surface area contributed by atoms with E-state index >= 15 is 0 Å². The van der Waals surface area contributed by atoms with E-state index in [0.717, 1.165) is 38.5 Å². The molecular formula is C16H26O3. The quantitative estimate of drug-likeness (QED) is 0.836. The van der Waals surface area contributed by atoms with Crippen LogP contribution in [0.2, 0.25) is 0 Å². The lowest BCUT2D eigenvalue weighted by atomic mass is 9.67. The Hall–Kier alpha value is -0.410. The van der Waals surface area contributed by atoms with Crippen LogP contribution < -0.4 is 0 Å². The molecule has 1 saturated heterocycles. The first-order chi connectivity index (χ1) is 9.03. The highest BCUT2D eigenvalue weighted by Crippen LogP contribution is 2.46. The van der Waals surface area contributed by atoms with Crippen LogP contribution in [0.4, 0.5) is 0 Å². The molecule has 1 N–H and O–H groups in total. The lowest BCUT2D eigenvalue weighted by Crippen LogP contribution is -2.52. The van der Waals surface area contributed by atoms with Crippen molar-refractivity contribution in [1.29, 1.82) is 0 Å². The van der Waals surface area contributed by atoms with Crippen LogP contribution in [-0.4, -0.2) is 28.7 Å². The number of carbonyl (C=O) groups excluding carboxylic acids is 1. The second-order valence-corrected chi connectivity index (χ2v) is 7.15. The van der Waals surface area contributed by atoms with Crippen molar-refractivity contribution in [1.82, 2.24) is 0 Å². The van der Waals surface area contributed by atoms with E-state index in [1.54, 1.807) is 0 Å². The number of ketones is 1. The molecule has 1 aliphatic heterocycles. The second-order valence-electron chi connectivity index (χ2n) is 7.15. The maximum atomic E-state index is 12.7. The second kappa shape index (κ2) is 4.85. The van der Waals surface area contributed by atoms with Gasteiger partial charge in [0, 0.05) is 12.5 Å². The Morgan fingerprint density at radius 2 is 1.84 bits per heavy atom. The summed E-state index contributed by atoms with van der Waals surface area (Å²) in [4.78, 5) is 12.7. The predicted molar refractivity (Wildman–Crippen MR) is 72.8 cm³/mol. The van der Waals surface area contributed by atoms with E-state index in [-0.39, 0.29) is 17.3 Å². The number of carbonyl (C=O) groups is 1. The minimum atomic E-state index is -1.03. The molecule has 19 heavy (non-hydrogen) atoms. The molecule has 108 valence electrons. The summed E-state index contributed by atoms with van der Waals surface area (Å²) in [5.41, 5.74) is -1.03. The molecule has 0 bridgehead atoms. The maximum absolute atomic E-state index is 12.7. The van der Waals surface area contributed by atoms with E-state index in [1.165, 1.54) is 6.42 Å². The molecule has 0 aromatic carbocycles. The average Bonchev–Trinajstić information content (AvgIpc) is 2.40. The molecule has 0 amide bonds. The van der Waals surface area contributed by atoms with E-state index in [0.29, 0.717) is 25.4 Å². The molecule has 2 aliphatic carbocycles. The fraction of sp³-hybridized carbons (Fsp3) is 0.938. The lowest BCUT2D eigenvalue weighted by Gasteiger charge is -2.48. The summed E-state index contributed by atoms with van der Waals surface area (Å²) in [6, 6.07) is 0. The summed E-state index contributed by atoms with van der Waals surface area (Å²) in [5.74, 6) is 0.808. The number of hydrogen-bond acceptors (Lipinski definition) is 3. The van der Waals surface area contributed by atoms with Crippen LogP contribution in [-0.2, 0) is 9.53 Å². The molecule has 3 nitrogen and oxygen atoms in total. The minimum Gasteiger partial charge on any atom is -0.382 e. The van der Waals surface area contributed by atoms with E-state index in [2.05, 4.69) is 6.92 Å². The number of rotatable bonds is 2. The van der Waals surface area contributed by atoms with Crippen LogP contribution in [0, 0.1) is 11.8 Å². The molecule has 3 aliphatic rings. The highest BCUT2D eigenvalue weighted by Gasteiger charge is 2.49. The fourth-order valence-corrected chi connectivity index (χ4v) is 4.04. The van der Waals surface area contributed by atoms with Crippen molar-refractivity contribution >= 4 is 5.78 Å². The third-order valence-corrected chi connectivity index (χ3v) is 5.69. The Kier molecular flexibility index (Phi) is 3.46. The van der Waals surface area contributed by atoms with Crippen LogP contribution in [0.3, 0.4) is 0 Å². The normalized spacial score (nSPS) is 41.8. The van der Waals surface area contributed by atoms with Gasteiger partial charge in [-0.05, 0) is 63.7 Å². The Balaban J connectivity index is 1.66. The van der Waals surface area contributed by atoms with Crippen LogP contribution in [0.25, 0.3) is 0 Å². The number of ether oxygens (including phenoxy) is 1. The zero-order chi connectivity index (χ0) is 13.5. The van der Waals surface area contributed by atoms with E-state index < -0.39 is 5.60 Å². The van der Waals surface area contributed by atoms with Gasteiger partial charge in [-0.15, -0.1) is 0 Å². The summed E-state index contributed by atoms with van der Waals surface area (Å²) in [5, 5.41) is 10.7. The van der Waals surface area contributed by atoms with Gasteiger partial charge < -0.3 is 9.84 Å². The van der Waals surface area contributed by atoms with Crippen molar-refractivity contribution < 1.29 is 14.6 Å². The monoisotopic (exact) mass is 266 g/mol. The van der Waals surface area contributed by atoms with Crippen molar-refractivity contribution in [3.63, 3.8) is 0 Å². The highest BCUT2D eigenvalue weighted by molar-refractivity contribution is 5.89. The average molecular weight is 266 g/mol. The standard InChI is InChI=1S/C16H26O3/c1-12-3-8-16(18,9-4-12)14(17)13-5-10-19-15(11-13)6-2-7-15/h12-13,18H,2-11H2,1H3. The van der Waals surface area contributed by atoms with E-state index in [4.69, 9.17) is 4.74 Å². The summed E-state index contributed by atoms with van der Waals surface area (Å²) in [6.07, 6.45) is 8.38. The SMILES string of the molecule is CC1CCC(O)(C(=O)C2CCOC3(CCC3)C2)CC1. The first-order valence-corrected chi connectivity index (χ1v) is 7.94. The summed E-state index contributed by atoms with van der Waals surface area (Å²) in [6.45, 7) is 2.91. The molecule has 1 atom stereocenters. The molecule has 2 saturated carbocycles. The van der Waals surface area contributed by atoms with Gasteiger partial charge in [-0.25, -0.2) is 0 Å². The molecule has 3 rings (SSSR count). The molecule has 3 fully saturated rings. The van der Waals surface area contributed by atoms with Gasteiger partial charge in [-0.3, -0.25) is 4.79 Å². The molecule has 3 heteroatoms. The summed E-state index contributed by atoms with van der Waals surface area (Å²) >= 11 is 0. The first-order valence-electron chi connectivity index (χ1n) is 7.94. The van der Waals surface area contributed by atoms with Gasteiger partial charge in [0.25, 0.3) is 0 Å². The van der Waals surface area contributed by atoms with Gasteiger partial charge in [0.05, 0.1) is 5.60 Å². The van der Waals surface area contributed by atoms with Crippen LogP contribution in [0.1, 0.15) is 64.7 Å². The number of hydrogen-bond donors (Lipinski definition) is 1. The van der Waals surface area contributed by atoms with Crippen molar-refractivity contribution in [3.8, 4) is 0 Å². The van der Waals surface area contributed by atoms with Gasteiger partial charge in [0.1, 0.15) is 5.60 Å². The van der Waals surface area contributed by atoms with Gasteiger partial charge in [-0.1, -0.05) is 6.92 Å². The topological polar surface area (TPSA) is 46.5 Å². The number of aliphatic hydroxyl groups is 1. The van der Waals surface area contributed by atoms with Gasteiger partial charge in [-0.2, -0.15) is 0 Å². The molecule has 0 aromatic heterocycles. The lowest BCUT2D eigenvalue weighted by molar-refractivity contribution is -0.169. The Morgan fingerprint density at radius 3 is 2.42 bits per heavy atom. The van der Waals surface area contributed by atoms with Crippen molar-refractivity contribution in [3.05, 3.63) is 0 Å². The van der Waals surface area contributed by atoms with Gasteiger partial charge in [0.15, 0.2) is 5.78 Å². The largest absolute Gasteiger partial charge is 0.382 e. The summed E-state index contributed by atoms with van der Waals surface area (Å²) in [7, 11) is 0. The molecular weight excluding hydrogens is 240 g/mol. The molecule has 0 radical (unpaired) electrons. The highest BCUT2D eigenvalue weighted by atomic mass is 16.5. The van der Waals surface area contributed by atoms with Crippen molar-refractivity contribution in [2.75, 3.05) is 6.61 Å². The van der Waals surface area contributed by atoms with E-state index in [9.17, 15) is 9.90 Å². The molecule has 1 heterocycles. The van der Waals surface area contributed by atoms with Crippen LogP contribution >= 0.6 is 0 Å². The predicted octanol–water partition coefficient (Wildman–Crippen LogP) is 2.85. The van der Waals surface area contributed by atoms with Crippen molar-refractivity contribution in [2.24, 2.45) is 11.8 Å². The third-order valence-electron chi connectivity index (χ3n) is 5.69. The zero-order valence-corrected chi connectivity index (χ0v) is 12.0. The summed E-state index contributed by atoms with van der Waals surface area (Å²) < 4.78 is 5.89. The maximum Gasteiger partial charge on any atom is 0.167 e. The van der Waals surface area contributed by atoms with E-state index in [1.807, 2.05) is 0 Å². The zero-order valence-electron chi connectivity index (χ0n) is 12.0. The van der Waals surface area contributed by atoms with Crippen molar-refractivity contribution in [2.45, 2.75) is 75.9 Å². The van der Waals surface area contributed by atoms with Crippen LogP contribution in [0.5, 0.6) is 0 Å². The van der Waals surface area contributed by atoms with Gasteiger partial charge in [0.2, 0.25) is 0 Å². The fourth-order valence-electron chi connectivity index (χ4n) is 4.04. The first kappa shape index (κ1) is 13.6.